The molecule has 0 aromatic rings. The molecule has 15 heavy (non-hydrogen) atoms. The molecule has 0 spiro atoms. The van der Waals surface area contributed by atoms with Gasteiger partial charge in [-0.15, -0.1) is 0 Å². The normalized spacial score (nSPS) is 21.6. The zero-order valence-electron chi connectivity index (χ0n) is 9.56. The number of aliphatic hydroxyl groups is 1. The maximum Gasteiger partial charge on any atom is 0.414 e. The van der Waals surface area contributed by atoms with Gasteiger partial charge < -0.3 is 9.84 Å². The molecule has 4 nitrogen and oxygen atoms in total. The van der Waals surface area contributed by atoms with Gasteiger partial charge in [-0.2, -0.15) is 0 Å². The van der Waals surface area contributed by atoms with Crippen LogP contribution < -0.4 is 0 Å². The van der Waals surface area contributed by atoms with E-state index >= 15 is 0 Å². The zero-order valence-corrected chi connectivity index (χ0v) is 9.56. The maximum absolute atomic E-state index is 11.6. The van der Waals surface area contributed by atoms with Crippen LogP contribution in [0.2, 0.25) is 0 Å². The average molecular weight is 213 g/mol. The molecule has 1 N–H and O–H groups in total. The highest BCUT2D eigenvalue weighted by atomic mass is 16.6. The van der Waals surface area contributed by atoms with E-state index in [4.69, 9.17) is 9.84 Å². The molecule has 0 aromatic heterocycles. The predicted octanol–water partition coefficient (Wildman–Crippen LogP) is 1.75. The summed E-state index contributed by atoms with van der Waals surface area (Å²) in [6.45, 7) is 6.27. The number of nitrogens with zero attached hydrogens (tertiary/aromatic N) is 1. The zero-order chi connectivity index (χ0) is 11.5. The van der Waals surface area contributed by atoms with Crippen LogP contribution in [0.3, 0.4) is 0 Å². The highest BCUT2D eigenvalue weighted by Crippen LogP contribution is 2.16. The molecule has 1 aliphatic heterocycles. The summed E-state index contributed by atoms with van der Waals surface area (Å²) >= 11 is 0. The Balaban J connectivity index is 2.49. The Bertz CT molecular complexity index is 255. The first-order valence-electron chi connectivity index (χ1n) is 5.21. The van der Waals surface area contributed by atoms with Crippen molar-refractivity contribution in [2.24, 2.45) is 5.92 Å². The van der Waals surface area contributed by atoms with Crippen LogP contribution in [0.15, 0.2) is 12.3 Å². The second-order valence-electron chi connectivity index (χ2n) is 4.75. The van der Waals surface area contributed by atoms with E-state index in [0.717, 1.165) is 6.42 Å². The standard InChI is InChI=1S/C11H19NO3/c1-11(2,3)15-10(14)12-6-4-9(8-13)5-7-12/h4,6,9,13H,5,7-8H2,1-3H3. The second-order valence-corrected chi connectivity index (χ2v) is 4.75. The third kappa shape index (κ3) is 3.91. The minimum atomic E-state index is -0.460. The monoisotopic (exact) mass is 213 g/mol. The quantitative estimate of drug-likeness (QED) is 0.722. The molecular weight excluding hydrogens is 194 g/mol. The lowest BCUT2D eigenvalue weighted by Gasteiger charge is -2.28. The average Bonchev–Trinajstić information content (AvgIpc) is 2.15. The summed E-state index contributed by atoms with van der Waals surface area (Å²) in [6, 6.07) is 0. The van der Waals surface area contributed by atoms with Crippen LogP contribution in [0.4, 0.5) is 4.79 Å². The molecule has 1 heterocycles. The van der Waals surface area contributed by atoms with Crippen LogP contribution >= 0.6 is 0 Å². The molecule has 86 valence electrons. The van der Waals surface area contributed by atoms with Crippen molar-refractivity contribution in [3.8, 4) is 0 Å². The van der Waals surface area contributed by atoms with E-state index in [0.29, 0.717) is 6.54 Å². The van der Waals surface area contributed by atoms with E-state index < -0.39 is 5.60 Å². The van der Waals surface area contributed by atoms with Crippen LogP contribution in [-0.2, 0) is 4.74 Å². The predicted molar refractivity (Wildman–Crippen MR) is 57.3 cm³/mol. The molecule has 0 radical (unpaired) electrons. The van der Waals surface area contributed by atoms with Crippen LogP contribution in [0.5, 0.6) is 0 Å². The third-order valence-electron chi connectivity index (χ3n) is 2.14. The highest BCUT2D eigenvalue weighted by Gasteiger charge is 2.23. The van der Waals surface area contributed by atoms with Gasteiger partial charge in [0.1, 0.15) is 5.60 Å². The van der Waals surface area contributed by atoms with Crippen molar-refractivity contribution in [3.63, 3.8) is 0 Å². The Morgan fingerprint density at radius 1 is 1.60 bits per heavy atom. The lowest BCUT2D eigenvalue weighted by atomic mass is 10.0. The minimum Gasteiger partial charge on any atom is -0.443 e. The SMILES string of the molecule is CC(C)(C)OC(=O)N1C=CC(CO)CC1. The van der Waals surface area contributed by atoms with Crippen molar-refractivity contribution >= 4 is 6.09 Å². The molecule has 1 amide bonds. The lowest BCUT2D eigenvalue weighted by Crippen LogP contribution is -2.36. The Labute approximate surface area is 90.5 Å². The lowest BCUT2D eigenvalue weighted by molar-refractivity contribution is 0.0313. The number of ether oxygens (including phenoxy) is 1. The fourth-order valence-corrected chi connectivity index (χ4v) is 1.33. The van der Waals surface area contributed by atoms with Crippen molar-refractivity contribution in [2.75, 3.05) is 13.2 Å². The van der Waals surface area contributed by atoms with Gasteiger partial charge in [0.25, 0.3) is 0 Å². The summed E-state index contributed by atoms with van der Waals surface area (Å²) in [5.41, 5.74) is -0.460. The van der Waals surface area contributed by atoms with Gasteiger partial charge in [0.15, 0.2) is 0 Å². The Kier molecular flexibility index (Phi) is 3.74. The fraction of sp³-hybridized carbons (Fsp3) is 0.727. The van der Waals surface area contributed by atoms with Gasteiger partial charge in [-0.3, -0.25) is 4.90 Å². The summed E-state index contributed by atoms with van der Waals surface area (Å²) in [4.78, 5) is 13.1. The van der Waals surface area contributed by atoms with Gasteiger partial charge >= 0.3 is 6.09 Å². The number of carbonyl (C=O) groups excluding carboxylic acids is 1. The molecule has 1 rings (SSSR count). The van der Waals surface area contributed by atoms with Gasteiger partial charge in [-0.05, 0) is 27.2 Å². The van der Waals surface area contributed by atoms with Gasteiger partial charge in [0, 0.05) is 25.3 Å². The Hall–Kier alpha value is -1.03. The number of hydrogen-bond donors (Lipinski definition) is 1. The summed E-state index contributed by atoms with van der Waals surface area (Å²) in [5, 5.41) is 8.92. The molecule has 1 unspecified atom stereocenters. The van der Waals surface area contributed by atoms with Gasteiger partial charge in [-0.1, -0.05) is 6.08 Å². The van der Waals surface area contributed by atoms with Crippen LogP contribution in [-0.4, -0.2) is 34.9 Å². The van der Waals surface area contributed by atoms with Crippen molar-refractivity contribution < 1.29 is 14.6 Å². The molecule has 1 atom stereocenters. The number of amides is 1. The van der Waals surface area contributed by atoms with E-state index in [2.05, 4.69) is 0 Å². The highest BCUT2D eigenvalue weighted by molar-refractivity contribution is 5.69. The summed E-state index contributed by atoms with van der Waals surface area (Å²) in [5.74, 6) is 0.170. The molecule has 0 saturated heterocycles. The molecule has 4 heteroatoms. The minimum absolute atomic E-state index is 0.138. The maximum atomic E-state index is 11.6. The molecule has 0 aliphatic carbocycles. The molecule has 0 fully saturated rings. The molecule has 0 saturated carbocycles. The van der Waals surface area contributed by atoms with Gasteiger partial charge in [0.05, 0.1) is 0 Å². The van der Waals surface area contributed by atoms with Gasteiger partial charge in [-0.25, -0.2) is 4.79 Å². The summed E-state index contributed by atoms with van der Waals surface area (Å²) in [7, 11) is 0. The van der Waals surface area contributed by atoms with E-state index in [1.165, 1.54) is 4.90 Å². The number of hydrogen-bond acceptors (Lipinski definition) is 3. The fourth-order valence-electron chi connectivity index (χ4n) is 1.33. The van der Waals surface area contributed by atoms with E-state index in [1.807, 2.05) is 26.8 Å². The molecule has 1 aliphatic rings. The van der Waals surface area contributed by atoms with Crippen LogP contribution in [0.25, 0.3) is 0 Å². The van der Waals surface area contributed by atoms with Crippen LogP contribution in [0.1, 0.15) is 27.2 Å². The smallest absolute Gasteiger partial charge is 0.414 e. The van der Waals surface area contributed by atoms with Crippen molar-refractivity contribution in [1.82, 2.24) is 4.90 Å². The van der Waals surface area contributed by atoms with E-state index in [1.54, 1.807) is 6.20 Å². The van der Waals surface area contributed by atoms with Crippen molar-refractivity contribution in [3.05, 3.63) is 12.3 Å². The first-order valence-corrected chi connectivity index (χ1v) is 5.21. The van der Waals surface area contributed by atoms with E-state index in [9.17, 15) is 4.79 Å². The first kappa shape index (κ1) is 12.0. The summed E-state index contributed by atoms with van der Waals surface area (Å²) in [6.07, 6.45) is 3.99. The Morgan fingerprint density at radius 2 is 2.27 bits per heavy atom. The van der Waals surface area contributed by atoms with E-state index in [-0.39, 0.29) is 18.6 Å². The largest absolute Gasteiger partial charge is 0.443 e. The Morgan fingerprint density at radius 3 is 2.67 bits per heavy atom. The van der Waals surface area contributed by atoms with Crippen molar-refractivity contribution in [1.29, 1.82) is 0 Å². The second kappa shape index (κ2) is 4.66. The first-order chi connectivity index (χ1) is 6.92. The molecule has 0 aromatic carbocycles. The topological polar surface area (TPSA) is 49.8 Å². The van der Waals surface area contributed by atoms with Crippen LogP contribution in [0, 0.1) is 5.92 Å². The third-order valence-corrected chi connectivity index (χ3v) is 2.14. The number of rotatable bonds is 1. The molecule has 0 bridgehead atoms. The van der Waals surface area contributed by atoms with Crippen molar-refractivity contribution in [2.45, 2.75) is 32.8 Å². The van der Waals surface area contributed by atoms with Gasteiger partial charge in [0.2, 0.25) is 0 Å². The summed E-state index contributed by atoms with van der Waals surface area (Å²) < 4.78 is 5.22. The number of carbonyl (C=O) groups is 1. The number of aliphatic hydroxyl groups excluding tert-OH is 1. The molecular formula is C11H19NO3.